The van der Waals surface area contributed by atoms with Crippen molar-refractivity contribution in [2.75, 3.05) is 6.54 Å². The maximum Gasteiger partial charge on any atom is 0.129 e. The van der Waals surface area contributed by atoms with Crippen molar-refractivity contribution in [2.45, 2.75) is 19.5 Å². The molecule has 3 nitrogen and oxygen atoms in total. The van der Waals surface area contributed by atoms with Crippen LogP contribution in [0.4, 0.5) is 4.39 Å². The first-order valence-electron chi connectivity index (χ1n) is 5.92. The summed E-state index contributed by atoms with van der Waals surface area (Å²) < 4.78 is 15.6. The van der Waals surface area contributed by atoms with Crippen molar-refractivity contribution in [3.8, 4) is 0 Å². The number of aromatic nitrogens is 2. The van der Waals surface area contributed by atoms with E-state index in [1.54, 1.807) is 12.1 Å². The molecule has 0 saturated heterocycles. The SMILES string of the molecule is Cl.Fc1cc(Cl)ccc1Cn1ncc2c1CNCC2. The molecule has 0 unspecified atom stereocenters. The molecule has 2 aromatic rings. The Morgan fingerprint density at radius 3 is 3.05 bits per heavy atom. The summed E-state index contributed by atoms with van der Waals surface area (Å²) in [4.78, 5) is 0. The molecule has 3 rings (SSSR count). The van der Waals surface area contributed by atoms with Crippen LogP contribution in [-0.2, 0) is 19.5 Å². The summed E-state index contributed by atoms with van der Waals surface area (Å²) in [7, 11) is 0. The summed E-state index contributed by atoms with van der Waals surface area (Å²) in [6, 6.07) is 4.75. The van der Waals surface area contributed by atoms with Crippen LogP contribution in [0.3, 0.4) is 0 Å². The van der Waals surface area contributed by atoms with Crippen LogP contribution in [0.5, 0.6) is 0 Å². The second kappa shape index (κ2) is 5.90. The van der Waals surface area contributed by atoms with Crippen molar-refractivity contribution in [1.29, 1.82) is 0 Å². The van der Waals surface area contributed by atoms with Crippen molar-refractivity contribution < 1.29 is 4.39 Å². The quantitative estimate of drug-likeness (QED) is 0.924. The number of nitrogens with zero attached hydrogens (tertiary/aromatic N) is 2. The van der Waals surface area contributed by atoms with Crippen molar-refractivity contribution in [2.24, 2.45) is 0 Å². The van der Waals surface area contributed by atoms with Gasteiger partial charge in [0.05, 0.1) is 18.4 Å². The van der Waals surface area contributed by atoms with Crippen LogP contribution in [0.15, 0.2) is 24.4 Å². The van der Waals surface area contributed by atoms with Gasteiger partial charge < -0.3 is 5.32 Å². The van der Waals surface area contributed by atoms with Gasteiger partial charge in [-0.2, -0.15) is 5.10 Å². The molecule has 0 aliphatic carbocycles. The number of hydrogen-bond acceptors (Lipinski definition) is 2. The van der Waals surface area contributed by atoms with Gasteiger partial charge in [-0.3, -0.25) is 4.68 Å². The summed E-state index contributed by atoms with van der Waals surface area (Å²) in [6.45, 7) is 2.22. The molecule has 0 amide bonds. The lowest BCUT2D eigenvalue weighted by molar-refractivity contribution is 0.548. The molecule has 1 aliphatic heterocycles. The first kappa shape index (κ1) is 14.3. The second-order valence-electron chi connectivity index (χ2n) is 4.44. The molecule has 102 valence electrons. The summed E-state index contributed by atoms with van der Waals surface area (Å²) in [5.74, 6) is -0.282. The standard InChI is InChI=1S/C13H13ClFN3.ClH/c14-11-2-1-10(12(15)5-11)8-18-13-7-16-4-3-9(13)6-17-18;/h1-2,5-6,16H,3-4,7-8H2;1H. The van der Waals surface area contributed by atoms with Crippen molar-refractivity contribution in [3.63, 3.8) is 0 Å². The second-order valence-corrected chi connectivity index (χ2v) is 4.87. The monoisotopic (exact) mass is 301 g/mol. The average molecular weight is 302 g/mol. The Morgan fingerprint density at radius 2 is 2.26 bits per heavy atom. The molecule has 1 N–H and O–H groups in total. The fourth-order valence-electron chi connectivity index (χ4n) is 2.24. The van der Waals surface area contributed by atoms with Crippen LogP contribution in [0.25, 0.3) is 0 Å². The molecule has 0 radical (unpaired) electrons. The highest BCUT2D eigenvalue weighted by atomic mass is 35.5. The molecule has 0 fully saturated rings. The minimum atomic E-state index is -0.282. The predicted octanol–water partition coefficient (Wildman–Crippen LogP) is 2.79. The third kappa shape index (κ3) is 2.91. The third-order valence-electron chi connectivity index (χ3n) is 3.23. The number of halogens is 3. The lowest BCUT2D eigenvalue weighted by Crippen LogP contribution is -2.25. The van der Waals surface area contributed by atoms with Crippen molar-refractivity contribution >= 4 is 24.0 Å². The maximum absolute atomic E-state index is 13.7. The van der Waals surface area contributed by atoms with Gasteiger partial charge in [-0.05, 0) is 30.7 Å². The molecule has 0 bridgehead atoms. The van der Waals surface area contributed by atoms with Gasteiger partial charge in [0, 0.05) is 17.1 Å². The zero-order valence-electron chi connectivity index (χ0n) is 10.2. The van der Waals surface area contributed by atoms with E-state index in [0.717, 1.165) is 25.2 Å². The molecule has 6 heteroatoms. The fraction of sp³-hybridized carbons (Fsp3) is 0.308. The summed E-state index contributed by atoms with van der Waals surface area (Å²) in [6.07, 6.45) is 2.86. The van der Waals surface area contributed by atoms with E-state index in [1.165, 1.54) is 11.6 Å². The van der Waals surface area contributed by atoms with Gasteiger partial charge in [0.25, 0.3) is 0 Å². The van der Waals surface area contributed by atoms with Gasteiger partial charge in [-0.1, -0.05) is 17.7 Å². The third-order valence-corrected chi connectivity index (χ3v) is 3.47. The van der Waals surface area contributed by atoms with Gasteiger partial charge >= 0.3 is 0 Å². The van der Waals surface area contributed by atoms with E-state index in [9.17, 15) is 4.39 Å². The van der Waals surface area contributed by atoms with E-state index in [1.807, 2.05) is 10.9 Å². The Kier molecular flexibility index (Phi) is 4.45. The number of benzene rings is 1. The van der Waals surface area contributed by atoms with E-state index in [2.05, 4.69) is 10.4 Å². The summed E-state index contributed by atoms with van der Waals surface area (Å²) in [5, 5.41) is 8.05. The summed E-state index contributed by atoms with van der Waals surface area (Å²) in [5.41, 5.74) is 3.01. The highest BCUT2D eigenvalue weighted by Crippen LogP contribution is 2.18. The summed E-state index contributed by atoms with van der Waals surface area (Å²) >= 11 is 5.74. The Bertz CT molecular complexity index is 583. The molecule has 0 spiro atoms. The lowest BCUT2D eigenvalue weighted by atomic mass is 10.1. The van der Waals surface area contributed by atoms with Crippen LogP contribution in [0.1, 0.15) is 16.8 Å². The fourth-order valence-corrected chi connectivity index (χ4v) is 2.40. The average Bonchev–Trinajstić information content (AvgIpc) is 2.76. The number of rotatable bonds is 2. The van der Waals surface area contributed by atoms with Gasteiger partial charge in [-0.25, -0.2) is 4.39 Å². The Labute approximate surface area is 122 Å². The van der Waals surface area contributed by atoms with Crippen LogP contribution < -0.4 is 5.32 Å². The highest BCUT2D eigenvalue weighted by Gasteiger charge is 2.15. The Hall–Kier alpha value is -1.10. The number of nitrogens with one attached hydrogen (secondary N) is 1. The van der Waals surface area contributed by atoms with Gasteiger partial charge in [0.2, 0.25) is 0 Å². The zero-order chi connectivity index (χ0) is 12.5. The van der Waals surface area contributed by atoms with Gasteiger partial charge in [0.1, 0.15) is 5.82 Å². The smallest absolute Gasteiger partial charge is 0.129 e. The first-order chi connectivity index (χ1) is 8.74. The van der Waals surface area contributed by atoms with Crippen LogP contribution in [0, 0.1) is 5.82 Å². The van der Waals surface area contributed by atoms with Crippen molar-refractivity contribution in [3.05, 3.63) is 52.1 Å². The number of hydrogen-bond donors (Lipinski definition) is 1. The molecular formula is C13H14Cl2FN3. The normalized spacial score (nSPS) is 13.8. The van der Waals surface area contributed by atoms with E-state index in [4.69, 9.17) is 11.6 Å². The molecule has 0 atom stereocenters. The van der Waals surface area contributed by atoms with E-state index in [0.29, 0.717) is 17.1 Å². The minimum Gasteiger partial charge on any atom is -0.311 e. The van der Waals surface area contributed by atoms with Crippen LogP contribution in [0.2, 0.25) is 5.02 Å². The van der Waals surface area contributed by atoms with Crippen molar-refractivity contribution in [1.82, 2.24) is 15.1 Å². The van der Waals surface area contributed by atoms with E-state index >= 15 is 0 Å². The Balaban J connectivity index is 0.00000133. The minimum absolute atomic E-state index is 0. The first-order valence-corrected chi connectivity index (χ1v) is 6.30. The topological polar surface area (TPSA) is 29.9 Å². The van der Waals surface area contributed by atoms with E-state index in [-0.39, 0.29) is 18.2 Å². The van der Waals surface area contributed by atoms with Crippen LogP contribution >= 0.6 is 24.0 Å². The molecule has 1 aromatic heterocycles. The Morgan fingerprint density at radius 1 is 1.42 bits per heavy atom. The highest BCUT2D eigenvalue weighted by molar-refractivity contribution is 6.30. The van der Waals surface area contributed by atoms with Gasteiger partial charge in [-0.15, -0.1) is 12.4 Å². The largest absolute Gasteiger partial charge is 0.311 e. The maximum atomic E-state index is 13.7. The molecule has 0 saturated carbocycles. The zero-order valence-corrected chi connectivity index (χ0v) is 11.8. The van der Waals surface area contributed by atoms with Crippen LogP contribution in [-0.4, -0.2) is 16.3 Å². The molecule has 2 heterocycles. The van der Waals surface area contributed by atoms with E-state index < -0.39 is 0 Å². The molecule has 19 heavy (non-hydrogen) atoms. The predicted molar refractivity (Wildman–Crippen MR) is 75.4 cm³/mol. The molecule has 1 aliphatic rings. The molecule has 1 aromatic carbocycles. The number of fused-ring (bicyclic) bond motifs is 1. The van der Waals surface area contributed by atoms with Gasteiger partial charge in [0.15, 0.2) is 0 Å². The lowest BCUT2D eigenvalue weighted by Gasteiger charge is -2.15. The molecular weight excluding hydrogens is 288 g/mol.